The third-order valence-corrected chi connectivity index (χ3v) is 2.18. The van der Waals surface area contributed by atoms with Gasteiger partial charge in [-0.25, -0.2) is 0 Å². The van der Waals surface area contributed by atoms with Crippen LogP contribution in [0.4, 0.5) is 0 Å². The van der Waals surface area contributed by atoms with Gasteiger partial charge in [-0.15, -0.1) is 5.73 Å². The van der Waals surface area contributed by atoms with E-state index in [4.69, 9.17) is 0 Å². The Labute approximate surface area is 49.9 Å². The molecule has 0 nitrogen and oxygen atoms in total. The Balaban J connectivity index is 2.31. The maximum absolute atomic E-state index is 3.31. The molecule has 0 aromatic carbocycles. The Morgan fingerprint density at radius 2 is 2.62 bits per heavy atom. The maximum atomic E-state index is 3.31. The van der Waals surface area contributed by atoms with Crippen LogP contribution in [0.2, 0.25) is 0 Å². The van der Waals surface area contributed by atoms with Gasteiger partial charge in [0.1, 0.15) is 0 Å². The van der Waals surface area contributed by atoms with E-state index in [0.29, 0.717) is 0 Å². The molecular formula is C8H10. The van der Waals surface area contributed by atoms with Gasteiger partial charge in [0.15, 0.2) is 0 Å². The summed E-state index contributed by atoms with van der Waals surface area (Å²) in [4.78, 5) is 0. The van der Waals surface area contributed by atoms with E-state index in [1.807, 2.05) is 0 Å². The van der Waals surface area contributed by atoms with Crippen molar-refractivity contribution in [2.75, 3.05) is 0 Å². The van der Waals surface area contributed by atoms with Crippen molar-refractivity contribution >= 4 is 0 Å². The minimum absolute atomic E-state index is 0.926. The van der Waals surface area contributed by atoms with Crippen molar-refractivity contribution < 1.29 is 0 Å². The molecule has 0 heterocycles. The summed E-state index contributed by atoms with van der Waals surface area (Å²) in [5, 5.41) is 0. The Morgan fingerprint density at radius 3 is 3.50 bits per heavy atom. The molecule has 0 spiro atoms. The first-order valence-corrected chi connectivity index (χ1v) is 3.41. The predicted molar refractivity (Wildman–Crippen MR) is 33.6 cm³/mol. The van der Waals surface area contributed by atoms with Gasteiger partial charge in [0.2, 0.25) is 0 Å². The molecule has 1 fully saturated rings. The zero-order chi connectivity index (χ0) is 5.40. The molecule has 0 unspecified atom stereocenters. The van der Waals surface area contributed by atoms with Crippen LogP contribution >= 0.6 is 0 Å². The molecule has 1 atom stereocenters. The molecular weight excluding hydrogens is 96.1 g/mol. The molecule has 2 rings (SSSR count). The van der Waals surface area contributed by atoms with E-state index >= 15 is 0 Å². The first kappa shape index (κ1) is 4.40. The van der Waals surface area contributed by atoms with Gasteiger partial charge in [-0.05, 0) is 43.3 Å². The van der Waals surface area contributed by atoms with E-state index in [2.05, 4.69) is 11.8 Å². The minimum atomic E-state index is 0.926. The number of rotatable bonds is 0. The van der Waals surface area contributed by atoms with E-state index in [1.54, 1.807) is 5.57 Å². The first-order chi connectivity index (χ1) is 3.97. The fraction of sp³-hybridized carbons (Fsp3) is 0.625. The van der Waals surface area contributed by atoms with Crippen LogP contribution in [0.1, 0.15) is 25.7 Å². The Hall–Kier alpha value is -0.480. The number of hydrogen-bond acceptors (Lipinski definition) is 0. The highest BCUT2D eigenvalue weighted by molar-refractivity contribution is 5.17. The molecule has 0 heteroatoms. The number of fused-ring (bicyclic) bond motifs is 1. The van der Waals surface area contributed by atoms with Crippen molar-refractivity contribution in [3.8, 4) is 0 Å². The van der Waals surface area contributed by atoms with Crippen LogP contribution < -0.4 is 0 Å². The van der Waals surface area contributed by atoms with E-state index in [0.717, 1.165) is 5.92 Å². The molecule has 2 aliphatic rings. The summed E-state index contributed by atoms with van der Waals surface area (Å²) in [6.07, 6.45) is 7.66. The van der Waals surface area contributed by atoms with Crippen molar-refractivity contribution in [3.05, 3.63) is 17.4 Å². The minimum Gasteiger partial charge on any atom is -0.126 e. The third-order valence-electron chi connectivity index (χ3n) is 2.18. The predicted octanol–water partition coefficient (Wildman–Crippen LogP) is 2.27. The second-order valence-electron chi connectivity index (χ2n) is 2.70. The number of allylic oxidation sites excluding steroid dienone is 1. The lowest BCUT2D eigenvalue weighted by Crippen LogP contribution is -1.87. The molecule has 0 saturated heterocycles. The van der Waals surface area contributed by atoms with E-state index in [9.17, 15) is 0 Å². The molecule has 42 valence electrons. The molecule has 2 aliphatic carbocycles. The summed E-state index contributed by atoms with van der Waals surface area (Å²) in [6, 6.07) is 0. The fourth-order valence-electron chi connectivity index (χ4n) is 1.70. The van der Waals surface area contributed by atoms with Crippen LogP contribution in [0.5, 0.6) is 0 Å². The van der Waals surface area contributed by atoms with Crippen LogP contribution in [0.3, 0.4) is 0 Å². The summed E-state index contributed by atoms with van der Waals surface area (Å²) < 4.78 is 0. The Bertz CT molecular complexity index is 159. The second kappa shape index (κ2) is 1.50. The van der Waals surface area contributed by atoms with Crippen LogP contribution in [0, 0.1) is 5.92 Å². The SMILES string of the molecule is C1=CC[C@@H]2CCCC=12. The van der Waals surface area contributed by atoms with Gasteiger partial charge in [0.25, 0.3) is 0 Å². The van der Waals surface area contributed by atoms with Crippen molar-refractivity contribution in [3.63, 3.8) is 0 Å². The molecule has 0 aliphatic heterocycles. The van der Waals surface area contributed by atoms with E-state index in [1.165, 1.54) is 25.7 Å². The summed E-state index contributed by atoms with van der Waals surface area (Å²) in [6.45, 7) is 0. The Kier molecular flexibility index (Phi) is 0.824. The summed E-state index contributed by atoms with van der Waals surface area (Å²) >= 11 is 0. The normalized spacial score (nSPS) is 33.0. The lowest BCUT2D eigenvalue weighted by atomic mass is 10.1. The van der Waals surface area contributed by atoms with Crippen LogP contribution in [-0.2, 0) is 0 Å². The summed E-state index contributed by atoms with van der Waals surface area (Å²) in [5.41, 5.74) is 4.91. The highest BCUT2D eigenvalue weighted by Crippen LogP contribution is 2.35. The average Bonchev–Trinajstić information content (AvgIpc) is 2.15. The second-order valence-corrected chi connectivity index (χ2v) is 2.70. The molecule has 0 N–H and O–H groups in total. The van der Waals surface area contributed by atoms with Crippen molar-refractivity contribution in [1.29, 1.82) is 0 Å². The molecule has 0 radical (unpaired) electrons. The molecule has 8 heavy (non-hydrogen) atoms. The first-order valence-electron chi connectivity index (χ1n) is 3.41. The van der Waals surface area contributed by atoms with Crippen LogP contribution in [0.15, 0.2) is 17.4 Å². The number of hydrogen-bond donors (Lipinski definition) is 0. The van der Waals surface area contributed by atoms with Gasteiger partial charge >= 0.3 is 0 Å². The monoisotopic (exact) mass is 106 g/mol. The van der Waals surface area contributed by atoms with Gasteiger partial charge in [0, 0.05) is 0 Å². The third kappa shape index (κ3) is 0.468. The lowest BCUT2D eigenvalue weighted by molar-refractivity contribution is 0.651. The maximum Gasteiger partial charge on any atom is -0.00865 e. The molecule has 0 amide bonds. The van der Waals surface area contributed by atoms with Crippen LogP contribution in [-0.4, -0.2) is 0 Å². The smallest absolute Gasteiger partial charge is 0.00865 e. The van der Waals surface area contributed by atoms with Gasteiger partial charge in [0.05, 0.1) is 0 Å². The highest BCUT2D eigenvalue weighted by Gasteiger charge is 2.21. The van der Waals surface area contributed by atoms with Crippen LogP contribution in [0.25, 0.3) is 0 Å². The summed E-state index contributed by atoms with van der Waals surface area (Å²) in [5.74, 6) is 0.926. The van der Waals surface area contributed by atoms with Gasteiger partial charge < -0.3 is 0 Å². The fourth-order valence-corrected chi connectivity index (χ4v) is 1.70. The van der Waals surface area contributed by atoms with Crippen molar-refractivity contribution in [1.82, 2.24) is 0 Å². The van der Waals surface area contributed by atoms with Gasteiger partial charge in [-0.1, -0.05) is 0 Å². The quantitative estimate of drug-likeness (QED) is 0.415. The molecule has 1 saturated carbocycles. The van der Waals surface area contributed by atoms with E-state index in [-0.39, 0.29) is 0 Å². The summed E-state index contributed by atoms with van der Waals surface area (Å²) in [7, 11) is 0. The molecule has 0 aromatic heterocycles. The van der Waals surface area contributed by atoms with Gasteiger partial charge in [-0.3, -0.25) is 0 Å². The zero-order valence-electron chi connectivity index (χ0n) is 4.98. The van der Waals surface area contributed by atoms with Crippen molar-refractivity contribution in [2.24, 2.45) is 5.92 Å². The average molecular weight is 106 g/mol. The van der Waals surface area contributed by atoms with Crippen molar-refractivity contribution in [2.45, 2.75) is 25.7 Å². The molecule has 0 bridgehead atoms. The highest BCUT2D eigenvalue weighted by atomic mass is 14.3. The standard InChI is InChI=1S/C8H10/c1-3-7-5-2-6-8(7)4-1/h1,7H,2-3,5-6H2/t7-/m1/s1. The lowest BCUT2D eigenvalue weighted by Gasteiger charge is -1.98. The molecule has 0 aromatic rings. The van der Waals surface area contributed by atoms with Gasteiger partial charge in [-0.2, -0.15) is 0 Å². The topological polar surface area (TPSA) is 0 Å². The zero-order valence-corrected chi connectivity index (χ0v) is 4.98. The largest absolute Gasteiger partial charge is 0.126 e. The Morgan fingerprint density at radius 1 is 1.62 bits per heavy atom. The van der Waals surface area contributed by atoms with E-state index < -0.39 is 0 Å².